The third-order valence-corrected chi connectivity index (χ3v) is 4.55. The van der Waals surface area contributed by atoms with E-state index in [0.29, 0.717) is 23.0 Å². The number of nitrogens with two attached hydrogens (primary N) is 1. The van der Waals surface area contributed by atoms with Crippen LogP contribution in [0.4, 0.5) is 0 Å². The van der Waals surface area contributed by atoms with E-state index in [0.717, 1.165) is 13.1 Å². The fraction of sp³-hybridized carbons (Fsp3) is 0.467. The highest BCUT2D eigenvalue weighted by Crippen LogP contribution is 2.38. The van der Waals surface area contributed by atoms with Crippen LogP contribution >= 0.6 is 0 Å². The summed E-state index contributed by atoms with van der Waals surface area (Å²) >= 11 is 0. The van der Waals surface area contributed by atoms with E-state index >= 15 is 0 Å². The Balaban J connectivity index is 1.71. The molecule has 2 fully saturated rings. The summed E-state index contributed by atoms with van der Waals surface area (Å²) in [6.45, 7) is 1.79. The van der Waals surface area contributed by atoms with Crippen LogP contribution in [0.3, 0.4) is 0 Å². The van der Waals surface area contributed by atoms with Gasteiger partial charge in [0.05, 0.1) is 0 Å². The number of hydrogen-bond donors (Lipinski definition) is 2. The van der Waals surface area contributed by atoms with Crippen molar-refractivity contribution in [2.24, 2.45) is 22.7 Å². The number of carbonyl (C=O) groups excluding carboxylic acids is 1. The number of oxime groups is 1. The summed E-state index contributed by atoms with van der Waals surface area (Å²) in [7, 11) is 0. The summed E-state index contributed by atoms with van der Waals surface area (Å²) in [5, 5.41) is 11.6. The first-order valence-corrected chi connectivity index (χ1v) is 7.06. The lowest BCUT2D eigenvalue weighted by Crippen LogP contribution is -2.29. The van der Waals surface area contributed by atoms with Gasteiger partial charge in [-0.2, -0.15) is 0 Å². The van der Waals surface area contributed by atoms with Crippen molar-refractivity contribution in [2.45, 2.75) is 19.3 Å². The van der Waals surface area contributed by atoms with E-state index < -0.39 is 0 Å². The molecule has 0 aromatic heterocycles. The van der Waals surface area contributed by atoms with Crippen molar-refractivity contribution in [3.63, 3.8) is 0 Å². The van der Waals surface area contributed by atoms with Crippen molar-refractivity contribution in [3.05, 3.63) is 35.4 Å². The third-order valence-electron chi connectivity index (χ3n) is 4.55. The number of carbonyl (C=O) groups is 1. The van der Waals surface area contributed by atoms with Crippen LogP contribution in [0.5, 0.6) is 0 Å². The molecule has 2 unspecified atom stereocenters. The Bertz CT molecular complexity index is 527. The molecule has 1 aliphatic heterocycles. The molecule has 5 heteroatoms. The molecule has 20 heavy (non-hydrogen) atoms. The van der Waals surface area contributed by atoms with Gasteiger partial charge in [-0.05, 0) is 36.8 Å². The predicted octanol–water partition coefficient (Wildman–Crippen LogP) is 1.65. The first-order valence-electron chi connectivity index (χ1n) is 7.06. The second-order valence-corrected chi connectivity index (χ2v) is 5.72. The van der Waals surface area contributed by atoms with Gasteiger partial charge < -0.3 is 15.8 Å². The first-order chi connectivity index (χ1) is 9.69. The molecule has 1 aromatic carbocycles. The highest BCUT2D eigenvalue weighted by atomic mass is 16.4. The Kier molecular flexibility index (Phi) is 3.34. The molecule has 3 N–H and O–H groups in total. The van der Waals surface area contributed by atoms with Crippen LogP contribution in [0.2, 0.25) is 0 Å². The van der Waals surface area contributed by atoms with E-state index in [2.05, 4.69) is 5.16 Å². The molecule has 0 radical (unpaired) electrons. The molecule has 2 atom stereocenters. The van der Waals surface area contributed by atoms with E-state index in [1.54, 1.807) is 24.3 Å². The molecule has 2 aliphatic rings. The van der Waals surface area contributed by atoms with Crippen molar-refractivity contribution >= 4 is 11.7 Å². The Morgan fingerprint density at radius 1 is 1.15 bits per heavy atom. The van der Waals surface area contributed by atoms with Crippen LogP contribution in [0.1, 0.15) is 35.2 Å². The van der Waals surface area contributed by atoms with Crippen LogP contribution in [0.25, 0.3) is 0 Å². The van der Waals surface area contributed by atoms with Gasteiger partial charge in [0.2, 0.25) is 0 Å². The summed E-state index contributed by atoms with van der Waals surface area (Å²) in [5.41, 5.74) is 6.79. The van der Waals surface area contributed by atoms with Crippen molar-refractivity contribution in [3.8, 4) is 0 Å². The highest BCUT2D eigenvalue weighted by molar-refractivity contribution is 5.99. The molecule has 0 spiro atoms. The van der Waals surface area contributed by atoms with Gasteiger partial charge in [-0.1, -0.05) is 23.7 Å². The van der Waals surface area contributed by atoms with E-state index in [9.17, 15) is 4.79 Å². The average molecular weight is 273 g/mol. The molecular formula is C15H19N3O2. The second-order valence-electron chi connectivity index (χ2n) is 5.72. The van der Waals surface area contributed by atoms with E-state index in [1.165, 1.54) is 19.3 Å². The van der Waals surface area contributed by atoms with Gasteiger partial charge in [-0.3, -0.25) is 4.79 Å². The summed E-state index contributed by atoms with van der Waals surface area (Å²) in [4.78, 5) is 14.4. The van der Waals surface area contributed by atoms with Crippen molar-refractivity contribution in [1.29, 1.82) is 0 Å². The first kappa shape index (κ1) is 13.0. The van der Waals surface area contributed by atoms with Gasteiger partial charge in [-0.25, -0.2) is 0 Å². The van der Waals surface area contributed by atoms with Gasteiger partial charge in [0.15, 0.2) is 5.84 Å². The monoisotopic (exact) mass is 273 g/mol. The zero-order valence-corrected chi connectivity index (χ0v) is 11.3. The maximum absolute atomic E-state index is 12.4. The zero-order chi connectivity index (χ0) is 14.1. The van der Waals surface area contributed by atoms with Gasteiger partial charge in [0.1, 0.15) is 0 Å². The quantitative estimate of drug-likeness (QED) is 0.372. The van der Waals surface area contributed by atoms with Crippen molar-refractivity contribution in [1.82, 2.24) is 4.90 Å². The number of nitrogens with zero attached hydrogens (tertiary/aromatic N) is 2. The number of benzene rings is 1. The van der Waals surface area contributed by atoms with Crippen molar-refractivity contribution < 1.29 is 10.0 Å². The molecule has 1 aromatic rings. The van der Waals surface area contributed by atoms with E-state index in [4.69, 9.17) is 10.9 Å². The summed E-state index contributed by atoms with van der Waals surface area (Å²) < 4.78 is 0. The lowest BCUT2D eigenvalue weighted by molar-refractivity contribution is 0.0780. The molecule has 5 nitrogen and oxygen atoms in total. The number of rotatable bonds is 2. The number of likely N-dealkylation sites (tertiary alicyclic amines) is 1. The molecule has 3 rings (SSSR count). The Morgan fingerprint density at radius 3 is 2.25 bits per heavy atom. The maximum atomic E-state index is 12.4. The largest absolute Gasteiger partial charge is 0.409 e. The van der Waals surface area contributed by atoms with Gasteiger partial charge in [-0.15, -0.1) is 0 Å². The highest BCUT2D eigenvalue weighted by Gasteiger charge is 2.38. The summed E-state index contributed by atoms with van der Waals surface area (Å²) in [6.07, 6.45) is 3.83. The lowest BCUT2D eigenvalue weighted by Gasteiger charge is -2.17. The number of amides is 1. The van der Waals surface area contributed by atoms with Crippen LogP contribution < -0.4 is 5.73 Å². The fourth-order valence-corrected chi connectivity index (χ4v) is 3.42. The van der Waals surface area contributed by atoms with Gasteiger partial charge >= 0.3 is 0 Å². The maximum Gasteiger partial charge on any atom is 0.253 e. The standard InChI is InChI=1S/C15H19N3O2/c16-14(17-20)10-4-6-11(7-5-10)15(19)18-8-12-2-1-3-13(12)9-18/h4-7,12-13,20H,1-3,8-9H2,(H2,16,17). The van der Waals surface area contributed by atoms with Crippen LogP contribution in [0, 0.1) is 11.8 Å². The number of hydrogen-bond acceptors (Lipinski definition) is 3. The van der Waals surface area contributed by atoms with E-state index in [1.807, 2.05) is 4.90 Å². The topological polar surface area (TPSA) is 78.9 Å². The molecule has 1 saturated heterocycles. The summed E-state index contributed by atoms with van der Waals surface area (Å²) in [6, 6.07) is 6.89. The Hall–Kier alpha value is -2.04. The predicted molar refractivity (Wildman–Crippen MR) is 75.7 cm³/mol. The molecule has 1 heterocycles. The van der Waals surface area contributed by atoms with Crippen LogP contribution in [-0.4, -0.2) is 34.9 Å². The zero-order valence-electron chi connectivity index (χ0n) is 11.3. The van der Waals surface area contributed by atoms with E-state index in [-0.39, 0.29) is 11.7 Å². The molecular weight excluding hydrogens is 254 g/mol. The SMILES string of the molecule is N/C(=N/O)c1ccc(C(=O)N2CC3CCCC3C2)cc1. The number of amidine groups is 1. The molecule has 0 bridgehead atoms. The third kappa shape index (κ3) is 2.24. The molecule has 106 valence electrons. The normalized spacial score (nSPS) is 25.8. The summed E-state index contributed by atoms with van der Waals surface area (Å²) in [5.74, 6) is 1.55. The second kappa shape index (κ2) is 5.15. The van der Waals surface area contributed by atoms with Crippen LogP contribution in [-0.2, 0) is 0 Å². The van der Waals surface area contributed by atoms with Gasteiger partial charge in [0.25, 0.3) is 5.91 Å². The average Bonchev–Trinajstić information content (AvgIpc) is 3.07. The molecule has 1 saturated carbocycles. The van der Waals surface area contributed by atoms with Crippen LogP contribution in [0.15, 0.2) is 29.4 Å². The minimum Gasteiger partial charge on any atom is -0.409 e. The smallest absolute Gasteiger partial charge is 0.253 e. The van der Waals surface area contributed by atoms with Crippen molar-refractivity contribution in [2.75, 3.05) is 13.1 Å². The minimum absolute atomic E-state index is 0.0553. The number of fused-ring (bicyclic) bond motifs is 1. The fourth-order valence-electron chi connectivity index (χ4n) is 3.42. The Morgan fingerprint density at radius 2 is 1.70 bits per heavy atom. The lowest BCUT2D eigenvalue weighted by atomic mass is 10.0. The molecule has 1 amide bonds. The Labute approximate surface area is 118 Å². The molecule has 1 aliphatic carbocycles. The van der Waals surface area contributed by atoms with Gasteiger partial charge in [0, 0.05) is 24.2 Å². The minimum atomic E-state index is 0.0553.